The molecule has 0 aliphatic heterocycles. The molecule has 0 fully saturated rings. The summed E-state index contributed by atoms with van der Waals surface area (Å²) in [4.78, 5) is 6.68. The lowest BCUT2D eigenvalue weighted by Gasteiger charge is -2.33. The van der Waals surface area contributed by atoms with Gasteiger partial charge in [-0.3, -0.25) is 9.88 Å². The molecule has 1 aromatic heterocycles. The normalized spacial score (nSPS) is 14.1. The Kier molecular flexibility index (Phi) is 5.90. The van der Waals surface area contributed by atoms with Crippen molar-refractivity contribution in [3.8, 4) is 0 Å². The minimum absolute atomic E-state index is 0.0967. The highest BCUT2D eigenvalue weighted by Gasteiger charge is 2.25. The summed E-state index contributed by atoms with van der Waals surface area (Å²) in [6, 6.07) is 16.0. The fourth-order valence-corrected chi connectivity index (χ4v) is 2.72. The van der Waals surface area contributed by atoms with Crippen molar-refractivity contribution in [2.75, 3.05) is 6.54 Å². The minimum Gasteiger partial charge on any atom is -0.387 e. The summed E-state index contributed by atoms with van der Waals surface area (Å²) in [5.74, 6) is 0. The maximum Gasteiger partial charge on any atom is 0.0945 e. The highest BCUT2D eigenvalue weighted by molar-refractivity contribution is 5.19. The van der Waals surface area contributed by atoms with Gasteiger partial charge in [0.1, 0.15) is 0 Å². The summed E-state index contributed by atoms with van der Waals surface area (Å²) in [5, 5.41) is 10.7. The number of likely N-dealkylation sites (N-methyl/N-ethyl adjacent to an activating group) is 1. The van der Waals surface area contributed by atoms with Gasteiger partial charge < -0.3 is 5.11 Å². The first-order valence-corrected chi connectivity index (χ1v) is 7.63. The van der Waals surface area contributed by atoms with Crippen molar-refractivity contribution >= 4 is 0 Å². The zero-order valence-electron chi connectivity index (χ0n) is 12.8. The molecule has 3 heteroatoms. The second-order valence-electron chi connectivity index (χ2n) is 5.22. The van der Waals surface area contributed by atoms with Crippen molar-refractivity contribution in [1.82, 2.24) is 9.88 Å². The predicted molar refractivity (Wildman–Crippen MR) is 85.8 cm³/mol. The quantitative estimate of drug-likeness (QED) is 0.846. The molecular formula is C18H24N2O. The molecule has 1 aromatic carbocycles. The highest BCUT2D eigenvalue weighted by atomic mass is 16.3. The lowest BCUT2D eigenvalue weighted by atomic mass is 9.98. The molecule has 0 spiro atoms. The molecule has 2 atom stereocenters. The summed E-state index contributed by atoms with van der Waals surface area (Å²) in [6.45, 7) is 5.90. The first-order chi connectivity index (χ1) is 10.3. The topological polar surface area (TPSA) is 36.4 Å². The molecule has 1 heterocycles. The molecule has 0 amide bonds. The number of aromatic nitrogens is 1. The average Bonchev–Trinajstić information content (AvgIpc) is 2.56. The number of benzene rings is 1. The number of hydrogen-bond acceptors (Lipinski definition) is 3. The van der Waals surface area contributed by atoms with E-state index in [2.05, 4.69) is 23.7 Å². The standard InChI is InChI=1S/C18H24N2O/c1-3-17(18(21)15-10-6-5-7-11-15)20(4-2)14-16-12-8-9-13-19-16/h5-13,17-18,21H,3-4,14H2,1-2H3. The van der Waals surface area contributed by atoms with Gasteiger partial charge in [-0.05, 0) is 30.7 Å². The Labute approximate surface area is 127 Å². The van der Waals surface area contributed by atoms with Crippen LogP contribution in [-0.4, -0.2) is 27.6 Å². The van der Waals surface area contributed by atoms with Gasteiger partial charge in [-0.2, -0.15) is 0 Å². The van der Waals surface area contributed by atoms with Gasteiger partial charge in [-0.1, -0.05) is 50.2 Å². The lowest BCUT2D eigenvalue weighted by Crippen LogP contribution is -2.39. The lowest BCUT2D eigenvalue weighted by molar-refractivity contribution is 0.0433. The zero-order valence-corrected chi connectivity index (χ0v) is 12.8. The molecule has 0 bridgehead atoms. The van der Waals surface area contributed by atoms with Crippen LogP contribution in [-0.2, 0) is 6.54 Å². The van der Waals surface area contributed by atoms with E-state index in [9.17, 15) is 5.11 Å². The van der Waals surface area contributed by atoms with Gasteiger partial charge >= 0.3 is 0 Å². The van der Waals surface area contributed by atoms with Crippen LogP contribution < -0.4 is 0 Å². The Morgan fingerprint density at radius 3 is 2.33 bits per heavy atom. The molecule has 0 saturated heterocycles. The Bertz CT molecular complexity index is 515. The second kappa shape index (κ2) is 7.91. The third-order valence-electron chi connectivity index (χ3n) is 3.89. The molecule has 3 nitrogen and oxygen atoms in total. The number of nitrogens with zero attached hydrogens (tertiary/aromatic N) is 2. The van der Waals surface area contributed by atoms with E-state index in [4.69, 9.17) is 0 Å². The third kappa shape index (κ3) is 4.13. The van der Waals surface area contributed by atoms with E-state index in [1.165, 1.54) is 0 Å². The van der Waals surface area contributed by atoms with Crippen LogP contribution in [0.5, 0.6) is 0 Å². The summed E-state index contributed by atoms with van der Waals surface area (Å²) in [6.07, 6.45) is 2.24. The maximum atomic E-state index is 10.7. The fraction of sp³-hybridized carbons (Fsp3) is 0.389. The van der Waals surface area contributed by atoms with Gasteiger partial charge in [-0.15, -0.1) is 0 Å². The van der Waals surface area contributed by atoms with E-state index in [0.29, 0.717) is 0 Å². The summed E-state index contributed by atoms with van der Waals surface area (Å²) in [7, 11) is 0. The molecule has 2 rings (SSSR count). The fourth-order valence-electron chi connectivity index (χ4n) is 2.72. The number of aliphatic hydroxyl groups excluding tert-OH is 1. The Balaban J connectivity index is 2.14. The van der Waals surface area contributed by atoms with Crippen LogP contribution in [0.25, 0.3) is 0 Å². The number of hydrogen-bond donors (Lipinski definition) is 1. The second-order valence-corrected chi connectivity index (χ2v) is 5.22. The van der Waals surface area contributed by atoms with E-state index in [1.807, 2.05) is 54.7 Å². The van der Waals surface area contributed by atoms with E-state index in [1.54, 1.807) is 0 Å². The molecule has 2 aromatic rings. The molecule has 0 aliphatic rings. The van der Waals surface area contributed by atoms with Crippen LogP contribution in [0.15, 0.2) is 54.7 Å². The predicted octanol–water partition coefficient (Wildman–Crippen LogP) is 3.42. The molecule has 0 radical (unpaired) electrons. The minimum atomic E-state index is -0.472. The zero-order chi connectivity index (χ0) is 15.1. The number of pyridine rings is 1. The maximum absolute atomic E-state index is 10.7. The van der Waals surface area contributed by atoms with Crippen molar-refractivity contribution in [2.24, 2.45) is 0 Å². The van der Waals surface area contributed by atoms with Gasteiger partial charge in [0.05, 0.1) is 11.8 Å². The van der Waals surface area contributed by atoms with Gasteiger partial charge in [0.15, 0.2) is 0 Å². The average molecular weight is 284 g/mol. The number of aliphatic hydroxyl groups is 1. The molecular weight excluding hydrogens is 260 g/mol. The van der Waals surface area contributed by atoms with Crippen molar-refractivity contribution in [3.05, 3.63) is 66.0 Å². The molecule has 112 valence electrons. The number of rotatable bonds is 7. The summed E-state index contributed by atoms with van der Waals surface area (Å²) >= 11 is 0. The van der Waals surface area contributed by atoms with E-state index in [-0.39, 0.29) is 6.04 Å². The van der Waals surface area contributed by atoms with Crippen LogP contribution in [0.3, 0.4) is 0 Å². The third-order valence-corrected chi connectivity index (χ3v) is 3.89. The molecule has 0 aliphatic carbocycles. The molecule has 0 saturated carbocycles. The van der Waals surface area contributed by atoms with Crippen molar-refractivity contribution in [3.63, 3.8) is 0 Å². The van der Waals surface area contributed by atoms with Crippen LogP contribution in [0.1, 0.15) is 37.6 Å². The van der Waals surface area contributed by atoms with Crippen molar-refractivity contribution in [1.29, 1.82) is 0 Å². The van der Waals surface area contributed by atoms with Crippen LogP contribution in [0.2, 0.25) is 0 Å². The van der Waals surface area contributed by atoms with Crippen LogP contribution in [0, 0.1) is 0 Å². The summed E-state index contributed by atoms with van der Waals surface area (Å²) < 4.78 is 0. The first-order valence-electron chi connectivity index (χ1n) is 7.63. The van der Waals surface area contributed by atoms with Crippen molar-refractivity contribution < 1.29 is 5.11 Å². The molecule has 1 N–H and O–H groups in total. The largest absolute Gasteiger partial charge is 0.387 e. The van der Waals surface area contributed by atoms with Gasteiger partial charge in [0, 0.05) is 18.8 Å². The van der Waals surface area contributed by atoms with Gasteiger partial charge in [-0.25, -0.2) is 0 Å². The molecule has 2 unspecified atom stereocenters. The van der Waals surface area contributed by atoms with Crippen LogP contribution >= 0.6 is 0 Å². The molecule has 21 heavy (non-hydrogen) atoms. The van der Waals surface area contributed by atoms with Crippen molar-refractivity contribution in [2.45, 2.75) is 39.0 Å². The highest BCUT2D eigenvalue weighted by Crippen LogP contribution is 2.24. The smallest absolute Gasteiger partial charge is 0.0945 e. The SMILES string of the molecule is CCC(C(O)c1ccccc1)N(CC)Cc1ccccn1. The van der Waals surface area contributed by atoms with E-state index >= 15 is 0 Å². The van der Waals surface area contributed by atoms with E-state index < -0.39 is 6.10 Å². The Morgan fingerprint density at radius 2 is 1.76 bits per heavy atom. The van der Waals surface area contributed by atoms with E-state index in [0.717, 1.165) is 30.8 Å². The monoisotopic (exact) mass is 284 g/mol. The Morgan fingerprint density at radius 1 is 1.05 bits per heavy atom. The Hall–Kier alpha value is -1.71. The first kappa shape index (κ1) is 15.7. The van der Waals surface area contributed by atoms with Gasteiger partial charge in [0.2, 0.25) is 0 Å². The van der Waals surface area contributed by atoms with Crippen LogP contribution in [0.4, 0.5) is 0 Å². The summed E-state index contributed by atoms with van der Waals surface area (Å²) in [5.41, 5.74) is 2.02. The van der Waals surface area contributed by atoms with Gasteiger partial charge in [0.25, 0.3) is 0 Å².